The van der Waals surface area contributed by atoms with Crippen LogP contribution in [0.1, 0.15) is 5.56 Å². The van der Waals surface area contributed by atoms with Crippen LogP contribution in [-0.2, 0) is 6.54 Å². The van der Waals surface area contributed by atoms with Crippen LogP contribution in [0.15, 0.2) is 29.6 Å². The van der Waals surface area contributed by atoms with E-state index in [-0.39, 0.29) is 0 Å². The summed E-state index contributed by atoms with van der Waals surface area (Å²) in [5, 5.41) is 2.54. The van der Waals surface area contributed by atoms with Crippen molar-refractivity contribution in [2.45, 2.75) is 6.54 Å². The zero-order valence-corrected chi connectivity index (χ0v) is 8.42. The molecule has 0 spiro atoms. The van der Waals surface area contributed by atoms with Crippen LogP contribution in [0, 0.1) is 0 Å². The van der Waals surface area contributed by atoms with Gasteiger partial charge in [-0.3, -0.25) is 0 Å². The van der Waals surface area contributed by atoms with E-state index in [4.69, 9.17) is 11.5 Å². The molecule has 72 valence electrons. The van der Waals surface area contributed by atoms with Crippen LogP contribution in [-0.4, -0.2) is 4.98 Å². The fourth-order valence-corrected chi connectivity index (χ4v) is 1.85. The predicted molar refractivity (Wildman–Crippen MR) is 59.9 cm³/mol. The highest BCUT2D eigenvalue weighted by molar-refractivity contribution is 7.13. The first-order chi connectivity index (χ1) is 6.79. The normalized spacial score (nSPS) is 10.4. The van der Waals surface area contributed by atoms with Gasteiger partial charge in [0, 0.05) is 17.5 Å². The largest absolute Gasteiger partial charge is 0.375 e. The first kappa shape index (κ1) is 9.18. The van der Waals surface area contributed by atoms with Crippen molar-refractivity contribution in [3.63, 3.8) is 0 Å². The predicted octanol–water partition coefficient (Wildman–Crippen LogP) is 1.85. The van der Waals surface area contributed by atoms with Crippen LogP contribution in [0.5, 0.6) is 0 Å². The van der Waals surface area contributed by atoms with E-state index >= 15 is 0 Å². The molecule has 4 N–H and O–H groups in total. The van der Waals surface area contributed by atoms with Crippen molar-refractivity contribution >= 4 is 16.5 Å². The molecule has 14 heavy (non-hydrogen) atoms. The first-order valence-electron chi connectivity index (χ1n) is 4.30. The second-order valence-electron chi connectivity index (χ2n) is 2.98. The molecule has 0 aliphatic heterocycles. The minimum absolute atomic E-state index is 0.549. The van der Waals surface area contributed by atoms with Crippen LogP contribution < -0.4 is 11.5 Å². The van der Waals surface area contributed by atoms with E-state index in [0.29, 0.717) is 11.7 Å². The summed E-state index contributed by atoms with van der Waals surface area (Å²) < 4.78 is 0. The summed E-state index contributed by atoms with van der Waals surface area (Å²) in [4.78, 5) is 4.21. The van der Waals surface area contributed by atoms with E-state index in [1.807, 2.05) is 29.6 Å². The van der Waals surface area contributed by atoms with E-state index in [0.717, 1.165) is 16.8 Å². The average molecular weight is 205 g/mol. The molecule has 0 unspecified atom stereocenters. The standard InChI is InChI=1S/C10H11N3S/c11-5-7-2-1-3-8(4-7)9-6-14-10(12)13-9/h1-4,6H,5,11H2,(H2,12,13). The molecule has 0 atom stereocenters. The van der Waals surface area contributed by atoms with Crippen LogP contribution >= 0.6 is 11.3 Å². The molecule has 3 nitrogen and oxygen atoms in total. The molecule has 0 bridgehead atoms. The summed E-state index contributed by atoms with van der Waals surface area (Å²) in [7, 11) is 0. The maximum atomic E-state index is 5.57. The molecule has 1 aromatic carbocycles. The number of hydrogen-bond acceptors (Lipinski definition) is 4. The van der Waals surface area contributed by atoms with Gasteiger partial charge in [-0.1, -0.05) is 18.2 Å². The van der Waals surface area contributed by atoms with Gasteiger partial charge in [0.05, 0.1) is 5.69 Å². The van der Waals surface area contributed by atoms with Gasteiger partial charge in [0.2, 0.25) is 0 Å². The quantitative estimate of drug-likeness (QED) is 0.786. The van der Waals surface area contributed by atoms with Crippen LogP contribution in [0.25, 0.3) is 11.3 Å². The molecule has 1 heterocycles. The highest BCUT2D eigenvalue weighted by Crippen LogP contribution is 2.23. The number of anilines is 1. The Morgan fingerprint density at radius 1 is 1.36 bits per heavy atom. The van der Waals surface area contributed by atoms with Crippen molar-refractivity contribution < 1.29 is 0 Å². The molecule has 0 amide bonds. The molecule has 0 fully saturated rings. The van der Waals surface area contributed by atoms with E-state index < -0.39 is 0 Å². The van der Waals surface area contributed by atoms with Gasteiger partial charge in [-0.25, -0.2) is 4.98 Å². The summed E-state index contributed by atoms with van der Waals surface area (Å²) >= 11 is 1.45. The summed E-state index contributed by atoms with van der Waals surface area (Å²) in [6.45, 7) is 0.549. The maximum absolute atomic E-state index is 5.57. The number of nitrogens with zero attached hydrogens (tertiary/aromatic N) is 1. The Morgan fingerprint density at radius 2 is 2.21 bits per heavy atom. The molecule has 0 aliphatic rings. The zero-order valence-electron chi connectivity index (χ0n) is 7.60. The number of thiazole rings is 1. The molecular weight excluding hydrogens is 194 g/mol. The van der Waals surface area contributed by atoms with Gasteiger partial charge in [0.15, 0.2) is 5.13 Å². The highest BCUT2D eigenvalue weighted by Gasteiger charge is 2.02. The SMILES string of the molecule is NCc1cccc(-c2csc(N)n2)c1. The lowest BCUT2D eigenvalue weighted by molar-refractivity contribution is 1.07. The van der Waals surface area contributed by atoms with Gasteiger partial charge >= 0.3 is 0 Å². The zero-order chi connectivity index (χ0) is 9.97. The molecule has 2 rings (SSSR count). The lowest BCUT2D eigenvalue weighted by Crippen LogP contribution is -1.95. The number of nitrogen functional groups attached to an aromatic ring is 1. The number of benzene rings is 1. The van der Waals surface area contributed by atoms with Gasteiger partial charge in [-0.05, 0) is 11.6 Å². The number of aromatic nitrogens is 1. The van der Waals surface area contributed by atoms with Crippen molar-refractivity contribution in [2.24, 2.45) is 5.73 Å². The van der Waals surface area contributed by atoms with E-state index in [2.05, 4.69) is 4.98 Å². The second-order valence-corrected chi connectivity index (χ2v) is 3.87. The first-order valence-corrected chi connectivity index (χ1v) is 5.18. The molecule has 0 aliphatic carbocycles. The highest BCUT2D eigenvalue weighted by atomic mass is 32.1. The minimum Gasteiger partial charge on any atom is -0.375 e. The Kier molecular flexibility index (Phi) is 2.47. The summed E-state index contributed by atoms with van der Waals surface area (Å²) in [6.07, 6.45) is 0. The van der Waals surface area contributed by atoms with Gasteiger partial charge < -0.3 is 11.5 Å². The van der Waals surface area contributed by atoms with Gasteiger partial charge in [0.25, 0.3) is 0 Å². The lowest BCUT2D eigenvalue weighted by Gasteiger charge is -1.99. The van der Waals surface area contributed by atoms with Gasteiger partial charge in [-0.15, -0.1) is 11.3 Å². The summed E-state index contributed by atoms with van der Waals surface area (Å²) in [5.74, 6) is 0. The van der Waals surface area contributed by atoms with Gasteiger partial charge in [-0.2, -0.15) is 0 Å². The van der Waals surface area contributed by atoms with Crippen molar-refractivity contribution in [3.8, 4) is 11.3 Å². The third-order valence-corrected chi connectivity index (χ3v) is 2.65. The van der Waals surface area contributed by atoms with E-state index in [1.165, 1.54) is 11.3 Å². The Bertz CT molecular complexity index is 436. The monoisotopic (exact) mass is 205 g/mol. The fraction of sp³-hybridized carbons (Fsp3) is 0.100. The third kappa shape index (κ3) is 1.76. The summed E-state index contributed by atoms with van der Waals surface area (Å²) in [6, 6.07) is 8.02. The Labute approximate surface area is 86.4 Å². The molecule has 0 saturated carbocycles. The molecule has 2 aromatic rings. The van der Waals surface area contributed by atoms with Crippen LogP contribution in [0.4, 0.5) is 5.13 Å². The molecular formula is C10H11N3S. The number of rotatable bonds is 2. The fourth-order valence-electron chi connectivity index (χ4n) is 1.28. The van der Waals surface area contributed by atoms with Crippen LogP contribution in [0.3, 0.4) is 0 Å². The van der Waals surface area contributed by atoms with Crippen molar-refractivity contribution in [1.29, 1.82) is 0 Å². The molecule has 0 radical (unpaired) electrons. The van der Waals surface area contributed by atoms with Gasteiger partial charge in [0.1, 0.15) is 0 Å². The van der Waals surface area contributed by atoms with Crippen molar-refractivity contribution in [2.75, 3.05) is 5.73 Å². The Morgan fingerprint density at radius 3 is 2.86 bits per heavy atom. The minimum atomic E-state index is 0.549. The van der Waals surface area contributed by atoms with E-state index in [9.17, 15) is 0 Å². The average Bonchev–Trinajstić information content (AvgIpc) is 2.65. The smallest absolute Gasteiger partial charge is 0.180 e. The molecule has 4 heteroatoms. The number of hydrogen-bond donors (Lipinski definition) is 2. The summed E-state index contributed by atoms with van der Waals surface area (Å²) in [5.41, 5.74) is 14.2. The second kappa shape index (κ2) is 3.77. The van der Waals surface area contributed by atoms with Crippen LogP contribution in [0.2, 0.25) is 0 Å². The lowest BCUT2D eigenvalue weighted by atomic mass is 10.1. The van der Waals surface area contributed by atoms with Crippen molar-refractivity contribution in [3.05, 3.63) is 35.2 Å². The Balaban J connectivity index is 2.41. The van der Waals surface area contributed by atoms with Crippen molar-refractivity contribution in [1.82, 2.24) is 4.98 Å². The third-order valence-electron chi connectivity index (χ3n) is 1.98. The molecule has 1 aromatic heterocycles. The number of nitrogens with two attached hydrogens (primary N) is 2. The molecule has 0 saturated heterocycles. The maximum Gasteiger partial charge on any atom is 0.180 e. The Hall–Kier alpha value is -1.39. The topological polar surface area (TPSA) is 64.9 Å². The van der Waals surface area contributed by atoms with E-state index in [1.54, 1.807) is 0 Å².